The maximum Gasteiger partial charge on any atom is 0.292 e. The fourth-order valence-corrected chi connectivity index (χ4v) is 3.66. The van der Waals surface area contributed by atoms with Gasteiger partial charge in [-0.05, 0) is 48.0 Å². The molecule has 8 nitrogen and oxygen atoms in total. The van der Waals surface area contributed by atoms with E-state index in [1.54, 1.807) is 29.4 Å². The fourth-order valence-electron chi connectivity index (χ4n) is 3.66. The average Bonchev–Trinajstić information content (AvgIpc) is 2.83. The van der Waals surface area contributed by atoms with E-state index in [1.165, 1.54) is 30.3 Å². The molecule has 1 aromatic heterocycles. The molecule has 4 rings (SSSR count). The minimum Gasteiger partial charge on any atom is -0.375 e. The van der Waals surface area contributed by atoms with Crippen molar-refractivity contribution in [2.75, 3.05) is 36.4 Å². The molecule has 0 saturated carbocycles. The van der Waals surface area contributed by atoms with Crippen molar-refractivity contribution in [3.8, 4) is 0 Å². The smallest absolute Gasteiger partial charge is 0.292 e. The monoisotopic (exact) mass is 435 g/mol. The van der Waals surface area contributed by atoms with Crippen molar-refractivity contribution in [2.45, 2.75) is 6.54 Å². The second-order valence-corrected chi connectivity index (χ2v) is 7.46. The molecular weight excluding hydrogens is 413 g/mol. The van der Waals surface area contributed by atoms with Gasteiger partial charge in [-0.2, -0.15) is 0 Å². The SMILES string of the molecule is O=C(c1ccc(F)cc1)N1CCN(c2ccc([N+](=O)[O-])c(NCc3cccnc3)c2)CC1. The van der Waals surface area contributed by atoms with Crippen LogP contribution in [-0.4, -0.2) is 46.9 Å². The first-order valence-electron chi connectivity index (χ1n) is 10.2. The molecule has 1 aliphatic rings. The Morgan fingerprint density at radius 3 is 2.50 bits per heavy atom. The minimum absolute atomic E-state index is 0.00256. The van der Waals surface area contributed by atoms with Crippen molar-refractivity contribution in [3.63, 3.8) is 0 Å². The molecule has 2 aromatic carbocycles. The Morgan fingerprint density at radius 1 is 1.09 bits per heavy atom. The van der Waals surface area contributed by atoms with E-state index in [4.69, 9.17) is 0 Å². The van der Waals surface area contributed by atoms with Gasteiger partial charge in [0.1, 0.15) is 11.5 Å². The predicted octanol–water partition coefficient (Wildman–Crippen LogP) is 3.70. The van der Waals surface area contributed by atoms with Crippen LogP contribution in [-0.2, 0) is 6.54 Å². The van der Waals surface area contributed by atoms with Crippen molar-refractivity contribution in [1.29, 1.82) is 0 Å². The topological polar surface area (TPSA) is 91.6 Å². The number of nitrogens with zero attached hydrogens (tertiary/aromatic N) is 4. The first kappa shape index (κ1) is 21.2. The van der Waals surface area contributed by atoms with E-state index in [-0.39, 0.29) is 17.4 Å². The highest BCUT2D eigenvalue weighted by Crippen LogP contribution is 2.30. The van der Waals surface area contributed by atoms with Crippen molar-refractivity contribution in [2.24, 2.45) is 0 Å². The Morgan fingerprint density at radius 2 is 1.84 bits per heavy atom. The number of pyridine rings is 1. The van der Waals surface area contributed by atoms with Crippen molar-refractivity contribution in [3.05, 3.63) is 94.0 Å². The number of anilines is 2. The Kier molecular flexibility index (Phi) is 6.25. The molecule has 2 heterocycles. The summed E-state index contributed by atoms with van der Waals surface area (Å²) in [6, 6.07) is 14.2. The minimum atomic E-state index is -0.408. The third kappa shape index (κ3) is 4.83. The molecule has 1 aliphatic heterocycles. The molecule has 3 aromatic rings. The molecule has 1 saturated heterocycles. The number of nitro groups is 1. The van der Waals surface area contributed by atoms with E-state index in [2.05, 4.69) is 15.2 Å². The lowest BCUT2D eigenvalue weighted by Gasteiger charge is -2.36. The zero-order chi connectivity index (χ0) is 22.5. The molecule has 32 heavy (non-hydrogen) atoms. The quantitative estimate of drug-likeness (QED) is 0.469. The van der Waals surface area contributed by atoms with Gasteiger partial charge in [-0.3, -0.25) is 19.9 Å². The second-order valence-electron chi connectivity index (χ2n) is 7.46. The fraction of sp³-hybridized carbons (Fsp3) is 0.217. The summed E-state index contributed by atoms with van der Waals surface area (Å²) in [5.74, 6) is -0.510. The van der Waals surface area contributed by atoms with E-state index in [0.29, 0.717) is 44.0 Å². The van der Waals surface area contributed by atoms with Crippen LogP contribution in [0.5, 0.6) is 0 Å². The Hall–Kier alpha value is -4.01. The lowest BCUT2D eigenvalue weighted by Crippen LogP contribution is -2.48. The molecule has 164 valence electrons. The first-order chi connectivity index (χ1) is 15.5. The number of aromatic nitrogens is 1. The molecule has 1 fully saturated rings. The summed E-state index contributed by atoms with van der Waals surface area (Å²) in [5, 5.41) is 14.6. The van der Waals surface area contributed by atoms with Gasteiger partial charge in [0.2, 0.25) is 0 Å². The number of carbonyl (C=O) groups excluding carboxylic acids is 1. The van der Waals surface area contributed by atoms with Crippen LogP contribution >= 0.6 is 0 Å². The van der Waals surface area contributed by atoms with Gasteiger partial charge < -0.3 is 15.1 Å². The van der Waals surface area contributed by atoms with Gasteiger partial charge in [0.25, 0.3) is 11.6 Å². The van der Waals surface area contributed by atoms with Gasteiger partial charge in [-0.15, -0.1) is 0 Å². The average molecular weight is 435 g/mol. The van der Waals surface area contributed by atoms with E-state index >= 15 is 0 Å². The van der Waals surface area contributed by atoms with Gasteiger partial charge in [0.05, 0.1) is 4.92 Å². The number of nitro benzene ring substituents is 1. The van der Waals surface area contributed by atoms with Gasteiger partial charge in [-0.1, -0.05) is 6.07 Å². The molecule has 9 heteroatoms. The van der Waals surface area contributed by atoms with Crippen LogP contribution in [0.25, 0.3) is 0 Å². The number of piperazine rings is 1. The standard InChI is InChI=1S/C23H22FN5O3/c24-19-5-3-18(4-6-19)23(30)28-12-10-27(11-13-28)20-7-8-22(29(31)32)21(14-20)26-16-17-2-1-9-25-15-17/h1-9,14-15,26H,10-13,16H2. The van der Waals surface area contributed by atoms with Crippen molar-refractivity contribution in [1.82, 2.24) is 9.88 Å². The van der Waals surface area contributed by atoms with Gasteiger partial charge in [0, 0.05) is 62.4 Å². The van der Waals surface area contributed by atoms with Gasteiger partial charge in [-0.25, -0.2) is 4.39 Å². The summed E-state index contributed by atoms with van der Waals surface area (Å²) in [7, 11) is 0. The molecule has 0 spiro atoms. The first-order valence-corrected chi connectivity index (χ1v) is 10.2. The van der Waals surface area contributed by atoms with Crippen LogP contribution in [0, 0.1) is 15.9 Å². The number of benzene rings is 2. The number of rotatable bonds is 6. The number of amides is 1. The largest absolute Gasteiger partial charge is 0.375 e. The molecule has 1 amide bonds. The van der Waals surface area contributed by atoms with Crippen LogP contribution in [0.4, 0.5) is 21.5 Å². The van der Waals surface area contributed by atoms with Crippen LogP contribution in [0.1, 0.15) is 15.9 Å². The Balaban J connectivity index is 1.44. The van der Waals surface area contributed by atoms with Gasteiger partial charge in [0.15, 0.2) is 0 Å². The third-order valence-electron chi connectivity index (χ3n) is 5.41. The van der Waals surface area contributed by atoms with Crippen molar-refractivity contribution >= 4 is 23.0 Å². The van der Waals surface area contributed by atoms with Crippen molar-refractivity contribution < 1.29 is 14.1 Å². The lowest BCUT2D eigenvalue weighted by molar-refractivity contribution is -0.384. The zero-order valence-corrected chi connectivity index (χ0v) is 17.3. The summed E-state index contributed by atoms with van der Waals surface area (Å²) in [6.45, 7) is 2.61. The van der Waals surface area contributed by atoms with E-state index in [9.17, 15) is 19.3 Å². The maximum absolute atomic E-state index is 13.1. The number of nitrogens with one attached hydrogen (secondary N) is 1. The Labute approximate surface area is 184 Å². The lowest BCUT2D eigenvalue weighted by atomic mass is 10.1. The van der Waals surface area contributed by atoms with Crippen LogP contribution in [0.15, 0.2) is 67.0 Å². The van der Waals surface area contributed by atoms with Gasteiger partial charge >= 0.3 is 0 Å². The summed E-state index contributed by atoms with van der Waals surface area (Å²) >= 11 is 0. The molecule has 0 atom stereocenters. The molecule has 0 unspecified atom stereocenters. The normalized spacial score (nSPS) is 13.7. The Bertz CT molecular complexity index is 1100. The molecule has 0 aliphatic carbocycles. The summed E-state index contributed by atoms with van der Waals surface area (Å²) in [6.07, 6.45) is 3.38. The van der Waals surface area contributed by atoms with E-state index in [0.717, 1.165) is 11.3 Å². The molecular formula is C23H22FN5O3. The summed E-state index contributed by atoms with van der Waals surface area (Å²) in [4.78, 5) is 31.6. The predicted molar refractivity (Wildman–Crippen MR) is 119 cm³/mol. The summed E-state index contributed by atoms with van der Waals surface area (Å²) in [5.41, 5.74) is 2.65. The van der Waals surface area contributed by atoms with Crippen LogP contribution in [0.2, 0.25) is 0 Å². The number of hydrogen-bond acceptors (Lipinski definition) is 6. The number of carbonyl (C=O) groups is 1. The zero-order valence-electron chi connectivity index (χ0n) is 17.3. The maximum atomic E-state index is 13.1. The molecule has 1 N–H and O–H groups in total. The highest BCUT2D eigenvalue weighted by molar-refractivity contribution is 5.94. The third-order valence-corrected chi connectivity index (χ3v) is 5.41. The second kappa shape index (κ2) is 9.42. The van der Waals surface area contributed by atoms with Crippen LogP contribution in [0.3, 0.4) is 0 Å². The summed E-state index contributed by atoms with van der Waals surface area (Å²) < 4.78 is 13.1. The highest BCUT2D eigenvalue weighted by Gasteiger charge is 2.24. The number of halogens is 1. The molecule has 0 bridgehead atoms. The van der Waals surface area contributed by atoms with E-state index < -0.39 is 4.92 Å². The van der Waals surface area contributed by atoms with E-state index in [1.807, 2.05) is 12.1 Å². The van der Waals surface area contributed by atoms with Crippen LogP contribution < -0.4 is 10.2 Å². The highest BCUT2D eigenvalue weighted by atomic mass is 19.1. The number of hydrogen-bond donors (Lipinski definition) is 1. The molecule has 0 radical (unpaired) electrons.